The van der Waals surface area contributed by atoms with E-state index in [-0.39, 0.29) is 24.2 Å². The number of piperazine rings is 1. The van der Waals surface area contributed by atoms with Gasteiger partial charge in [0, 0.05) is 18.1 Å². The minimum absolute atomic E-state index is 0.0331. The van der Waals surface area contributed by atoms with Crippen LogP contribution in [-0.4, -0.2) is 35.3 Å². The lowest BCUT2D eigenvalue weighted by Crippen LogP contribution is -2.59. The lowest BCUT2D eigenvalue weighted by atomic mass is 9.79. The van der Waals surface area contributed by atoms with Crippen LogP contribution < -0.4 is 16.1 Å². The fourth-order valence-corrected chi connectivity index (χ4v) is 2.50. The Hall–Kier alpha value is -1.39. The summed E-state index contributed by atoms with van der Waals surface area (Å²) in [5, 5.41) is 34.0. The fraction of sp³-hybridized carbons (Fsp3) is 0.462. The van der Waals surface area contributed by atoms with Crippen LogP contribution in [0.15, 0.2) is 24.3 Å². The van der Waals surface area contributed by atoms with Crippen LogP contribution >= 0.6 is 0 Å². The third-order valence-corrected chi connectivity index (χ3v) is 3.62. The highest BCUT2D eigenvalue weighted by molar-refractivity contribution is 6.58. The van der Waals surface area contributed by atoms with Gasteiger partial charge in [-0.1, -0.05) is 24.3 Å². The Kier molecular flexibility index (Phi) is 4.22. The van der Waals surface area contributed by atoms with Crippen molar-refractivity contribution in [2.45, 2.75) is 38.0 Å². The van der Waals surface area contributed by atoms with Gasteiger partial charge in [0.2, 0.25) is 0 Å². The molecule has 1 fully saturated rings. The molecule has 0 aliphatic carbocycles. The molecule has 4 atom stereocenters. The number of nitrogens with zero attached hydrogens (tertiary/aromatic N) is 1. The lowest BCUT2D eigenvalue weighted by molar-refractivity contribution is 0.260. The molecule has 1 saturated heterocycles. The Morgan fingerprint density at radius 1 is 1.11 bits per heavy atom. The Morgan fingerprint density at radius 2 is 1.74 bits per heavy atom. The van der Waals surface area contributed by atoms with Crippen LogP contribution in [0.2, 0.25) is 0 Å². The van der Waals surface area contributed by atoms with Gasteiger partial charge in [0.05, 0.1) is 6.07 Å². The largest absolute Gasteiger partial charge is 0.488 e. The number of nitrogens with one attached hydrogen (secondary N) is 2. The number of hydrogen-bond donors (Lipinski definition) is 4. The van der Waals surface area contributed by atoms with E-state index in [2.05, 4.69) is 23.6 Å². The summed E-state index contributed by atoms with van der Waals surface area (Å²) in [6, 6.07) is 9.44. The molecule has 1 aliphatic rings. The highest BCUT2D eigenvalue weighted by Gasteiger charge is 2.32. The second-order valence-electron chi connectivity index (χ2n) is 5.04. The molecular formula is C13H18BN3O2. The average Bonchev–Trinajstić information content (AvgIpc) is 2.39. The van der Waals surface area contributed by atoms with Crippen molar-refractivity contribution in [3.8, 4) is 6.07 Å². The summed E-state index contributed by atoms with van der Waals surface area (Å²) in [7, 11) is -1.45. The Bertz CT molecular complexity index is 472. The highest BCUT2D eigenvalue weighted by atomic mass is 16.4. The first-order valence-corrected chi connectivity index (χ1v) is 6.40. The standard InChI is InChI=1S/C13H18BN3O2/c1-8-12(7-15)17-13(9(2)16-8)10-3-5-11(6-4-10)14(18)19/h3-6,8-9,12-13,16-19H,1-2H3. The molecule has 1 aromatic rings. The van der Waals surface area contributed by atoms with Crippen molar-refractivity contribution in [3.63, 3.8) is 0 Å². The second-order valence-corrected chi connectivity index (χ2v) is 5.04. The molecule has 2 rings (SSSR count). The lowest BCUT2D eigenvalue weighted by Gasteiger charge is -2.38. The van der Waals surface area contributed by atoms with Gasteiger partial charge >= 0.3 is 7.12 Å². The quantitative estimate of drug-likeness (QED) is 0.526. The first-order valence-electron chi connectivity index (χ1n) is 6.40. The fourth-order valence-electron chi connectivity index (χ4n) is 2.50. The van der Waals surface area contributed by atoms with Crippen LogP contribution in [0, 0.1) is 11.3 Å². The molecule has 1 aliphatic heterocycles. The van der Waals surface area contributed by atoms with Gasteiger partial charge in [0.25, 0.3) is 0 Å². The van der Waals surface area contributed by atoms with Crippen molar-refractivity contribution in [1.82, 2.24) is 10.6 Å². The number of rotatable bonds is 2. The van der Waals surface area contributed by atoms with Crippen molar-refractivity contribution in [2.75, 3.05) is 0 Å². The van der Waals surface area contributed by atoms with Gasteiger partial charge in [-0.2, -0.15) is 5.26 Å². The van der Waals surface area contributed by atoms with E-state index in [0.29, 0.717) is 5.46 Å². The zero-order valence-corrected chi connectivity index (χ0v) is 11.0. The first kappa shape index (κ1) is 14.0. The van der Waals surface area contributed by atoms with Gasteiger partial charge in [-0.3, -0.25) is 5.32 Å². The Labute approximate surface area is 113 Å². The zero-order chi connectivity index (χ0) is 14.0. The van der Waals surface area contributed by atoms with Crippen LogP contribution in [0.3, 0.4) is 0 Å². The normalized spacial score (nSPS) is 30.7. The van der Waals surface area contributed by atoms with Gasteiger partial charge < -0.3 is 15.4 Å². The number of nitriles is 1. The monoisotopic (exact) mass is 259 g/mol. The molecule has 1 heterocycles. The third kappa shape index (κ3) is 2.96. The van der Waals surface area contributed by atoms with Crippen LogP contribution in [0.5, 0.6) is 0 Å². The minimum atomic E-state index is -1.45. The van der Waals surface area contributed by atoms with Crippen LogP contribution in [-0.2, 0) is 0 Å². The van der Waals surface area contributed by atoms with Crippen LogP contribution in [0.4, 0.5) is 0 Å². The molecule has 6 heteroatoms. The molecule has 4 unspecified atom stereocenters. The van der Waals surface area contributed by atoms with Crippen molar-refractivity contribution >= 4 is 12.6 Å². The third-order valence-electron chi connectivity index (χ3n) is 3.62. The molecule has 100 valence electrons. The van der Waals surface area contributed by atoms with E-state index < -0.39 is 7.12 Å². The molecule has 1 aromatic carbocycles. The molecule has 5 nitrogen and oxygen atoms in total. The molecule has 0 radical (unpaired) electrons. The molecule has 19 heavy (non-hydrogen) atoms. The van der Waals surface area contributed by atoms with Crippen LogP contribution in [0.25, 0.3) is 0 Å². The van der Waals surface area contributed by atoms with E-state index in [1.54, 1.807) is 12.1 Å². The maximum atomic E-state index is 9.11. The van der Waals surface area contributed by atoms with Crippen molar-refractivity contribution in [2.24, 2.45) is 0 Å². The zero-order valence-electron chi connectivity index (χ0n) is 11.0. The Morgan fingerprint density at radius 3 is 2.26 bits per heavy atom. The molecule has 0 spiro atoms. The topological polar surface area (TPSA) is 88.3 Å². The maximum Gasteiger partial charge on any atom is 0.488 e. The van der Waals surface area contributed by atoms with Gasteiger partial charge in [-0.15, -0.1) is 0 Å². The van der Waals surface area contributed by atoms with Gasteiger partial charge in [-0.05, 0) is 24.9 Å². The molecule has 0 aromatic heterocycles. The summed E-state index contributed by atoms with van der Waals surface area (Å²) in [5.41, 5.74) is 1.49. The summed E-state index contributed by atoms with van der Waals surface area (Å²) >= 11 is 0. The van der Waals surface area contributed by atoms with Crippen LogP contribution in [0.1, 0.15) is 25.5 Å². The number of benzene rings is 1. The van der Waals surface area contributed by atoms with Gasteiger partial charge in [0.1, 0.15) is 6.04 Å². The van der Waals surface area contributed by atoms with E-state index in [0.717, 1.165) is 5.56 Å². The molecule has 0 bridgehead atoms. The smallest absolute Gasteiger partial charge is 0.423 e. The van der Waals surface area contributed by atoms with Crippen molar-refractivity contribution < 1.29 is 10.0 Å². The van der Waals surface area contributed by atoms with E-state index in [9.17, 15) is 0 Å². The van der Waals surface area contributed by atoms with E-state index in [1.807, 2.05) is 19.1 Å². The van der Waals surface area contributed by atoms with E-state index in [1.165, 1.54) is 0 Å². The van der Waals surface area contributed by atoms with Crippen molar-refractivity contribution in [1.29, 1.82) is 5.26 Å². The average molecular weight is 259 g/mol. The van der Waals surface area contributed by atoms with Gasteiger partial charge in [-0.25, -0.2) is 0 Å². The molecular weight excluding hydrogens is 241 g/mol. The summed E-state index contributed by atoms with van der Waals surface area (Å²) in [6.07, 6.45) is 0. The molecule has 0 amide bonds. The van der Waals surface area contributed by atoms with Gasteiger partial charge in [0.15, 0.2) is 0 Å². The highest BCUT2D eigenvalue weighted by Crippen LogP contribution is 2.21. The summed E-state index contributed by atoms with van der Waals surface area (Å²) in [4.78, 5) is 0. The predicted molar refractivity (Wildman–Crippen MR) is 73.6 cm³/mol. The van der Waals surface area contributed by atoms with E-state index >= 15 is 0 Å². The van der Waals surface area contributed by atoms with E-state index in [4.69, 9.17) is 15.3 Å². The SMILES string of the molecule is CC1NC(C)C(c2ccc(B(O)O)cc2)NC1C#N. The first-order chi connectivity index (χ1) is 9.02. The Balaban J connectivity index is 2.18. The minimum Gasteiger partial charge on any atom is -0.423 e. The summed E-state index contributed by atoms with van der Waals surface area (Å²) in [5.74, 6) is 0. The molecule has 4 N–H and O–H groups in total. The number of hydrogen-bond acceptors (Lipinski definition) is 5. The predicted octanol–water partition coefficient (Wildman–Crippen LogP) is -0.731. The van der Waals surface area contributed by atoms with Crippen molar-refractivity contribution in [3.05, 3.63) is 29.8 Å². The second kappa shape index (κ2) is 5.72. The molecule has 0 saturated carbocycles. The summed E-state index contributed by atoms with van der Waals surface area (Å²) < 4.78 is 0. The maximum absolute atomic E-state index is 9.11. The summed E-state index contributed by atoms with van der Waals surface area (Å²) in [6.45, 7) is 4.05.